The molecule has 2 fully saturated rings. The molecule has 9 nitrogen and oxygen atoms in total. The molecule has 26 heavy (non-hydrogen) atoms. The zero-order valence-electron chi connectivity index (χ0n) is 14.4. The van der Waals surface area contributed by atoms with Gasteiger partial charge in [-0.05, 0) is 25.0 Å². The van der Waals surface area contributed by atoms with Gasteiger partial charge in [0.2, 0.25) is 17.6 Å². The Kier molecular flexibility index (Phi) is 4.03. The molecule has 1 N–H and O–H groups in total. The summed E-state index contributed by atoms with van der Waals surface area (Å²) in [4.78, 5) is 31.8. The van der Waals surface area contributed by atoms with E-state index in [0.717, 1.165) is 0 Å². The van der Waals surface area contributed by atoms with Gasteiger partial charge in [0.25, 0.3) is 0 Å². The van der Waals surface area contributed by atoms with E-state index >= 15 is 0 Å². The molecule has 0 saturated carbocycles. The van der Waals surface area contributed by atoms with E-state index in [-0.39, 0.29) is 12.3 Å². The van der Waals surface area contributed by atoms with Crippen molar-refractivity contribution in [3.8, 4) is 11.6 Å². The van der Waals surface area contributed by atoms with Crippen molar-refractivity contribution in [2.75, 3.05) is 20.1 Å². The highest BCUT2D eigenvalue weighted by molar-refractivity contribution is 5.88. The van der Waals surface area contributed by atoms with Gasteiger partial charge in [-0.1, -0.05) is 5.16 Å². The Hall–Kier alpha value is -2.68. The number of carbonyl (C=O) groups is 2. The molecule has 2 aromatic heterocycles. The number of carbonyl (C=O) groups excluding carboxylic acids is 1. The number of likely N-dealkylation sites (tertiary alicyclic amines) is 2. The third-order valence-corrected chi connectivity index (χ3v) is 5.66. The lowest BCUT2D eigenvalue weighted by atomic mass is 9.77. The number of piperidine rings is 1. The normalized spacial score (nSPS) is 23.0. The van der Waals surface area contributed by atoms with Gasteiger partial charge in [-0.2, -0.15) is 4.98 Å². The summed E-state index contributed by atoms with van der Waals surface area (Å²) in [6, 6.07) is 3.52. The number of amides is 1. The minimum atomic E-state index is -0.892. The van der Waals surface area contributed by atoms with E-state index in [4.69, 9.17) is 8.94 Å². The molecule has 2 aliphatic heterocycles. The summed E-state index contributed by atoms with van der Waals surface area (Å²) in [6.07, 6.45) is 2.87. The van der Waals surface area contributed by atoms with Crippen molar-refractivity contribution in [1.29, 1.82) is 0 Å². The van der Waals surface area contributed by atoms with Crippen LogP contribution in [0.15, 0.2) is 27.3 Å². The fourth-order valence-corrected chi connectivity index (χ4v) is 4.10. The third-order valence-electron chi connectivity index (χ3n) is 5.66. The van der Waals surface area contributed by atoms with Crippen LogP contribution in [0.4, 0.5) is 0 Å². The molecular weight excluding hydrogens is 340 g/mol. The SMILES string of the molecule is CN1C(=O)CC(C(=O)O)C12CCN(Cc1nc(-c3ccco3)no1)CC2. The number of carboxylic acid groups (broad SMARTS) is 1. The molecule has 0 aliphatic carbocycles. The van der Waals surface area contributed by atoms with E-state index in [9.17, 15) is 14.7 Å². The number of carboxylic acids is 1. The van der Waals surface area contributed by atoms with Gasteiger partial charge in [0.05, 0.1) is 24.3 Å². The van der Waals surface area contributed by atoms with Crippen LogP contribution in [0.3, 0.4) is 0 Å². The van der Waals surface area contributed by atoms with Gasteiger partial charge in [-0.25, -0.2) is 0 Å². The maximum atomic E-state index is 12.1. The highest BCUT2D eigenvalue weighted by Crippen LogP contribution is 2.42. The summed E-state index contributed by atoms with van der Waals surface area (Å²) in [5.41, 5.74) is -0.590. The second-order valence-electron chi connectivity index (χ2n) is 6.92. The van der Waals surface area contributed by atoms with Crippen LogP contribution in [0.25, 0.3) is 11.6 Å². The van der Waals surface area contributed by atoms with Crippen LogP contribution in [0.5, 0.6) is 0 Å². The monoisotopic (exact) mass is 360 g/mol. The summed E-state index contributed by atoms with van der Waals surface area (Å²) in [6.45, 7) is 1.82. The van der Waals surface area contributed by atoms with Crippen molar-refractivity contribution < 1.29 is 23.6 Å². The van der Waals surface area contributed by atoms with E-state index in [1.807, 2.05) is 0 Å². The second kappa shape index (κ2) is 6.24. The van der Waals surface area contributed by atoms with Gasteiger partial charge in [-0.15, -0.1) is 0 Å². The predicted octanol–water partition coefficient (Wildman–Crippen LogP) is 1.23. The Morgan fingerprint density at radius 1 is 1.42 bits per heavy atom. The van der Waals surface area contributed by atoms with Crippen LogP contribution >= 0.6 is 0 Å². The van der Waals surface area contributed by atoms with Gasteiger partial charge in [0.15, 0.2) is 5.76 Å². The summed E-state index contributed by atoms with van der Waals surface area (Å²) in [5.74, 6) is -0.186. The maximum Gasteiger partial charge on any atom is 0.309 e. The first-order chi connectivity index (χ1) is 12.5. The molecule has 2 saturated heterocycles. The average molecular weight is 360 g/mol. The average Bonchev–Trinajstić information content (AvgIpc) is 3.34. The van der Waals surface area contributed by atoms with E-state index in [2.05, 4.69) is 15.0 Å². The van der Waals surface area contributed by atoms with Crippen molar-refractivity contribution in [2.45, 2.75) is 31.3 Å². The number of furan rings is 1. The molecule has 138 valence electrons. The number of hydrogen-bond donors (Lipinski definition) is 1. The standard InChI is InChI=1S/C17H20N4O5/c1-20-14(22)9-11(16(23)24)17(20)4-6-21(7-5-17)10-13-18-15(19-26-13)12-3-2-8-25-12/h2-3,8,11H,4-7,9-10H2,1H3,(H,23,24). The molecule has 1 atom stereocenters. The number of rotatable bonds is 4. The molecule has 9 heteroatoms. The van der Waals surface area contributed by atoms with Crippen molar-refractivity contribution in [3.63, 3.8) is 0 Å². The summed E-state index contributed by atoms with van der Waals surface area (Å²) >= 11 is 0. The molecule has 0 bridgehead atoms. The first kappa shape index (κ1) is 16.8. The van der Waals surface area contributed by atoms with Gasteiger partial charge >= 0.3 is 5.97 Å². The fraction of sp³-hybridized carbons (Fsp3) is 0.529. The summed E-state index contributed by atoms with van der Waals surface area (Å²) in [5, 5.41) is 13.4. The molecule has 2 aliphatic rings. The molecule has 4 heterocycles. The van der Waals surface area contributed by atoms with Crippen molar-refractivity contribution in [3.05, 3.63) is 24.3 Å². The molecule has 2 aromatic rings. The topological polar surface area (TPSA) is 113 Å². The highest BCUT2D eigenvalue weighted by atomic mass is 16.5. The van der Waals surface area contributed by atoms with E-state index in [1.54, 1.807) is 30.3 Å². The van der Waals surface area contributed by atoms with E-state index in [0.29, 0.717) is 50.0 Å². The molecular formula is C17H20N4O5. The van der Waals surface area contributed by atoms with Gasteiger partial charge in [0.1, 0.15) is 0 Å². The van der Waals surface area contributed by atoms with Crippen molar-refractivity contribution in [2.24, 2.45) is 5.92 Å². The predicted molar refractivity (Wildman–Crippen MR) is 87.8 cm³/mol. The smallest absolute Gasteiger partial charge is 0.309 e. The Balaban J connectivity index is 1.42. The Morgan fingerprint density at radius 3 is 2.85 bits per heavy atom. The number of nitrogens with zero attached hydrogens (tertiary/aromatic N) is 4. The van der Waals surface area contributed by atoms with E-state index < -0.39 is 17.4 Å². The van der Waals surface area contributed by atoms with Crippen molar-refractivity contribution >= 4 is 11.9 Å². The third kappa shape index (κ3) is 2.68. The van der Waals surface area contributed by atoms with Gasteiger partial charge in [0, 0.05) is 26.6 Å². The number of hydrogen-bond acceptors (Lipinski definition) is 7. The summed E-state index contributed by atoms with van der Waals surface area (Å²) < 4.78 is 10.5. The maximum absolute atomic E-state index is 12.1. The number of aromatic nitrogens is 2. The van der Waals surface area contributed by atoms with Crippen LogP contribution in [0.1, 0.15) is 25.2 Å². The van der Waals surface area contributed by atoms with E-state index in [1.165, 1.54) is 0 Å². The lowest BCUT2D eigenvalue weighted by Gasteiger charge is -2.45. The quantitative estimate of drug-likeness (QED) is 0.866. The lowest BCUT2D eigenvalue weighted by Crippen LogP contribution is -2.55. The van der Waals surface area contributed by atoms with Gasteiger partial charge in [-0.3, -0.25) is 14.5 Å². The zero-order valence-corrected chi connectivity index (χ0v) is 14.4. The van der Waals surface area contributed by atoms with Crippen LogP contribution < -0.4 is 0 Å². The number of aliphatic carboxylic acids is 1. The second-order valence-corrected chi connectivity index (χ2v) is 6.92. The molecule has 0 aromatic carbocycles. The Morgan fingerprint density at radius 2 is 2.19 bits per heavy atom. The highest BCUT2D eigenvalue weighted by Gasteiger charge is 2.55. The molecule has 1 amide bonds. The van der Waals surface area contributed by atoms with Crippen LogP contribution in [-0.4, -0.2) is 62.6 Å². The Bertz CT molecular complexity index is 807. The van der Waals surface area contributed by atoms with Crippen LogP contribution in [-0.2, 0) is 16.1 Å². The van der Waals surface area contributed by atoms with Gasteiger partial charge < -0.3 is 18.9 Å². The molecule has 1 unspecified atom stereocenters. The molecule has 4 rings (SSSR count). The lowest BCUT2D eigenvalue weighted by molar-refractivity contribution is -0.146. The Labute approximate surface area is 149 Å². The first-order valence-electron chi connectivity index (χ1n) is 8.58. The molecule has 0 radical (unpaired) electrons. The first-order valence-corrected chi connectivity index (χ1v) is 8.58. The summed E-state index contributed by atoms with van der Waals surface area (Å²) in [7, 11) is 1.72. The zero-order chi connectivity index (χ0) is 18.3. The minimum absolute atomic E-state index is 0.0853. The fourth-order valence-electron chi connectivity index (χ4n) is 4.10. The van der Waals surface area contributed by atoms with Crippen LogP contribution in [0.2, 0.25) is 0 Å². The minimum Gasteiger partial charge on any atom is -0.481 e. The molecule has 1 spiro atoms. The largest absolute Gasteiger partial charge is 0.481 e. The van der Waals surface area contributed by atoms with Crippen molar-refractivity contribution in [1.82, 2.24) is 19.9 Å². The van der Waals surface area contributed by atoms with Crippen LogP contribution in [0, 0.1) is 5.92 Å².